The van der Waals surface area contributed by atoms with E-state index >= 15 is 0 Å². The maximum Gasteiger partial charge on any atom is 0.251 e. The summed E-state index contributed by atoms with van der Waals surface area (Å²) in [6.07, 6.45) is 2.37. The van der Waals surface area contributed by atoms with Gasteiger partial charge in [-0.2, -0.15) is 0 Å². The molecule has 2 unspecified atom stereocenters. The van der Waals surface area contributed by atoms with Crippen LogP contribution in [0, 0.1) is 5.92 Å². The highest BCUT2D eigenvalue weighted by molar-refractivity contribution is 7.17. The Kier molecular flexibility index (Phi) is 4.71. The second kappa shape index (κ2) is 6.98. The van der Waals surface area contributed by atoms with Gasteiger partial charge in [0.1, 0.15) is 5.75 Å². The maximum atomic E-state index is 12.6. The lowest BCUT2D eigenvalue weighted by Gasteiger charge is -2.49. The number of fused-ring (bicyclic) bond motifs is 3. The SMILES string of the molecule is CC1C(NC(=O)c2ccc(Oc3ccc(Cl)s3)cc2)C2CCN1CC2. The van der Waals surface area contributed by atoms with Crippen molar-refractivity contribution in [2.45, 2.75) is 31.8 Å². The summed E-state index contributed by atoms with van der Waals surface area (Å²) in [5.41, 5.74) is 0.667. The molecule has 4 heterocycles. The summed E-state index contributed by atoms with van der Waals surface area (Å²) in [7, 11) is 0. The Morgan fingerprint density at radius 3 is 2.52 bits per heavy atom. The van der Waals surface area contributed by atoms with E-state index in [1.54, 1.807) is 6.07 Å². The van der Waals surface area contributed by atoms with Crippen molar-refractivity contribution < 1.29 is 9.53 Å². The van der Waals surface area contributed by atoms with Crippen molar-refractivity contribution in [1.82, 2.24) is 10.2 Å². The summed E-state index contributed by atoms with van der Waals surface area (Å²) in [6, 6.07) is 11.6. The molecule has 0 radical (unpaired) electrons. The summed E-state index contributed by atoms with van der Waals surface area (Å²) in [6.45, 7) is 4.55. The van der Waals surface area contributed by atoms with Gasteiger partial charge in [0.15, 0.2) is 5.06 Å². The van der Waals surface area contributed by atoms with Crippen LogP contribution in [0.1, 0.15) is 30.1 Å². The third kappa shape index (κ3) is 3.54. The molecule has 0 aliphatic carbocycles. The molecule has 1 aromatic heterocycles. The lowest BCUT2D eigenvalue weighted by molar-refractivity contribution is 0.0217. The van der Waals surface area contributed by atoms with Crippen LogP contribution in [0.15, 0.2) is 36.4 Å². The van der Waals surface area contributed by atoms with Crippen molar-refractivity contribution in [3.63, 3.8) is 0 Å². The van der Waals surface area contributed by atoms with Crippen molar-refractivity contribution in [2.24, 2.45) is 5.92 Å². The van der Waals surface area contributed by atoms with Gasteiger partial charge in [0.2, 0.25) is 0 Å². The Bertz CT molecular complexity index is 751. The van der Waals surface area contributed by atoms with Gasteiger partial charge in [0.25, 0.3) is 5.91 Å². The minimum atomic E-state index is -0.00341. The van der Waals surface area contributed by atoms with E-state index in [-0.39, 0.29) is 11.9 Å². The van der Waals surface area contributed by atoms with Gasteiger partial charge < -0.3 is 10.1 Å². The first-order valence-corrected chi connectivity index (χ1v) is 9.88. The van der Waals surface area contributed by atoms with Crippen LogP contribution in [0.4, 0.5) is 0 Å². The van der Waals surface area contributed by atoms with Crippen LogP contribution in [-0.4, -0.2) is 36.0 Å². The molecule has 3 saturated heterocycles. The first kappa shape index (κ1) is 16.9. The number of halogens is 1. The van der Waals surface area contributed by atoms with Gasteiger partial charge in [-0.05, 0) is 75.2 Å². The van der Waals surface area contributed by atoms with Crippen LogP contribution >= 0.6 is 22.9 Å². The van der Waals surface area contributed by atoms with Crippen LogP contribution in [0.2, 0.25) is 4.34 Å². The van der Waals surface area contributed by atoms with Crippen LogP contribution < -0.4 is 10.1 Å². The quantitative estimate of drug-likeness (QED) is 0.859. The Labute approximate surface area is 156 Å². The third-order valence-corrected chi connectivity index (χ3v) is 6.47. The number of amides is 1. The fourth-order valence-corrected chi connectivity index (χ4v) is 4.82. The molecular formula is C19H21ClN2O2S. The molecule has 132 valence electrons. The summed E-state index contributed by atoms with van der Waals surface area (Å²) < 4.78 is 6.43. The number of benzene rings is 1. The Balaban J connectivity index is 1.40. The highest BCUT2D eigenvalue weighted by atomic mass is 35.5. The standard InChI is InChI=1S/C19H21ClN2O2S/c1-12-18(13-8-10-22(12)11-9-13)21-19(23)14-2-4-15(5-3-14)24-17-7-6-16(20)25-17/h2-7,12-13,18H,8-11H2,1H3,(H,21,23). The minimum Gasteiger partial charge on any atom is -0.447 e. The largest absolute Gasteiger partial charge is 0.447 e. The number of hydrogen-bond donors (Lipinski definition) is 1. The van der Waals surface area contributed by atoms with E-state index in [4.69, 9.17) is 16.3 Å². The molecule has 1 amide bonds. The van der Waals surface area contributed by atoms with E-state index in [1.807, 2.05) is 30.3 Å². The summed E-state index contributed by atoms with van der Waals surface area (Å²) in [5, 5.41) is 3.99. The van der Waals surface area contributed by atoms with Crippen molar-refractivity contribution in [3.8, 4) is 10.8 Å². The fourth-order valence-electron chi connectivity index (χ4n) is 3.92. The van der Waals surface area contributed by atoms with Crippen LogP contribution in [-0.2, 0) is 0 Å². The van der Waals surface area contributed by atoms with Crippen molar-refractivity contribution in [1.29, 1.82) is 0 Å². The van der Waals surface area contributed by atoms with Gasteiger partial charge in [-0.25, -0.2) is 0 Å². The summed E-state index contributed by atoms with van der Waals surface area (Å²) >= 11 is 7.29. The normalized spacial score (nSPS) is 27.9. The van der Waals surface area contributed by atoms with Crippen molar-refractivity contribution in [3.05, 3.63) is 46.3 Å². The number of ether oxygens (including phenoxy) is 1. The average Bonchev–Trinajstić information content (AvgIpc) is 3.04. The number of hydrogen-bond acceptors (Lipinski definition) is 4. The molecule has 1 N–H and O–H groups in total. The van der Waals surface area contributed by atoms with Gasteiger partial charge in [-0.3, -0.25) is 9.69 Å². The zero-order chi connectivity index (χ0) is 17.4. The van der Waals surface area contributed by atoms with Crippen molar-refractivity contribution >= 4 is 28.8 Å². The summed E-state index contributed by atoms with van der Waals surface area (Å²) in [5.74, 6) is 1.30. The van der Waals surface area contributed by atoms with Crippen LogP contribution in [0.25, 0.3) is 0 Å². The molecule has 0 spiro atoms. The minimum absolute atomic E-state index is 0.00341. The number of thiophene rings is 1. The van der Waals surface area contributed by atoms with Crippen LogP contribution in [0.5, 0.6) is 10.8 Å². The van der Waals surface area contributed by atoms with E-state index in [0.717, 1.165) is 18.2 Å². The number of nitrogens with zero attached hydrogens (tertiary/aromatic N) is 1. The number of piperidine rings is 3. The molecule has 3 aliphatic heterocycles. The molecule has 5 rings (SSSR count). The monoisotopic (exact) mass is 376 g/mol. The molecule has 2 bridgehead atoms. The van der Waals surface area contributed by atoms with E-state index < -0.39 is 0 Å². The first-order chi connectivity index (χ1) is 12.1. The number of nitrogens with one attached hydrogen (secondary N) is 1. The van der Waals surface area contributed by atoms with E-state index in [0.29, 0.717) is 27.6 Å². The molecule has 1 aromatic carbocycles. The second-order valence-electron chi connectivity index (χ2n) is 6.80. The zero-order valence-electron chi connectivity index (χ0n) is 14.1. The molecule has 4 nitrogen and oxygen atoms in total. The average molecular weight is 377 g/mol. The molecule has 3 aliphatic rings. The molecule has 2 aromatic rings. The Morgan fingerprint density at radius 1 is 1.20 bits per heavy atom. The molecule has 0 saturated carbocycles. The third-order valence-electron chi connectivity index (χ3n) is 5.36. The second-order valence-corrected chi connectivity index (χ2v) is 8.48. The highest BCUT2D eigenvalue weighted by Gasteiger charge is 2.40. The van der Waals surface area contributed by atoms with E-state index in [9.17, 15) is 4.79 Å². The Morgan fingerprint density at radius 2 is 1.92 bits per heavy atom. The van der Waals surface area contributed by atoms with E-state index in [2.05, 4.69) is 17.1 Å². The lowest BCUT2D eigenvalue weighted by Crippen LogP contribution is -2.62. The number of carbonyl (C=O) groups is 1. The zero-order valence-corrected chi connectivity index (χ0v) is 15.6. The van der Waals surface area contributed by atoms with Gasteiger partial charge in [-0.1, -0.05) is 22.9 Å². The lowest BCUT2D eigenvalue weighted by atomic mass is 9.79. The molecule has 2 atom stereocenters. The molecule has 6 heteroatoms. The highest BCUT2D eigenvalue weighted by Crippen LogP contribution is 2.33. The van der Waals surface area contributed by atoms with Gasteiger partial charge >= 0.3 is 0 Å². The number of carbonyl (C=O) groups excluding carboxylic acids is 1. The van der Waals surface area contributed by atoms with Crippen LogP contribution in [0.3, 0.4) is 0 Å². The van der Waals surface area contributed by atoms with Gasteiger partial charge in [-0.15, -0.1) is 0 Å². The molecule has 3 fully saturated rings. The topological polar surface area (TPSA) is 41.6 Å². The summed E-state index contributed by atoms with van der Waals surface area (Å²) in [4.78, 5) is 15.1. The Hall–Kier alpha value is -1.56. The molecular weight excluding hydrogens is 356 g/mol. The van der Waals surface area contributed by atoms with Crippen molar-refractivity contribution in [2.75, 3.05) is 13.1 Å². The number of rotatable bonds is 4. The predicted octanol–water partition coefficient (Wildman–Crippen LogP) is 4.41. The maximum absolute atomic E-state index is 12.6. The van der Waals surface area contributed by atoms with Gasteiger partial charge in [0.05, 0.1) is 4.34 Å². The molecule has 25 heavy (non-hydrogen) atoms. The fraction of sp³-hybridized carbons (Fsp3) is 0.421. The smallest absolute Gasteiger partial charge is 0.251 e. The van der Waals surface area contributed by atoms with Gasteiger partial charge in [0, 0.05) is 17.6 Å². The first-order valence-electron chi connectivity index (χ1n) is 8.68. The van der Waals surface area contributed by atoms with E-state index in [1.165, 1.54) is 24.2 Å². The predicted molar refractivity (Wildman–Crippen MR) is 101 cm³/mol.